The number of nitrogens with one attached hydrogen (secondary N) is 1. The maximum atomic E-state index is 11.8. The molecule has 0 aliphatic heterocycles. The fraction of sp³-hybridized carbons (Fsp3) is 0.286. The van der Waals surface area contributed by atoms with Gasteiger partial charge in [-0.2, -0.15) is 0 Å². The Bertz CT molecular complexity index is 468. The number of benzene rings is 1. The molecule has 1 amide bonds. The van der Waals surface area contributed by atoms with Gasteiger partial charge in [0.1, 0.15) is 0 Å². The number of hydrogen-bond acceptors (Lipinski definition) is 3. The Morgan fingerprint density at radius 1 is 1.37 bits per heavy atom. The first kappa shape index (κ1) is 15.2. The summed E-state index contributed by atoms with van der Waals surface area (Å²) in [6.45, 7) is 3.42. The summed E-state index contributed by atoms with van der Waals surface area (Å²) in [5.41, 5.74) is 0.599. The largest absolute Gasteiger partial charge is 0.449 e. The number of carbonyl (C=O) groups is 2. The third-order valence-corrected chi connectivity index (χ3v) is 2.52. The third kappa shape index (κ3) is 5.57. The lowest BCUT2D eigenvalue weighted by Gasteiger charge is -2.12. The minimum atomic E-state index is -0.857. The summed E-state index contributed by atoms with van der Waals surface area (Å²) in [4.78, 5) is 23.1. The first-order valence-electron chi connectivity index (χ1n) is 5.96. The Morgan fingerprint density at radius 2 is 2.00 bits per heavy atom. The molecule has 0 spiro atoms. The topological polar surface area (TPSA) is 55.4 Å². The molecule has 19 heavy (non-hydrogen) atoms. The number of carbonyl (C=O) groups excluding carboxylic acids is 2. The zero-order chi connectivity index (χ0) is 14.3. The van der Waals surface area contributed by atoms with Crippen LogP contribution in [0.3, 0.4) is 0 Å². The highest BCUT2D eigenvalue weighted by molar-refractivity contribution is 6.30. The van der Waals surface area contributed by atoms with Crippen LogP contribution in [-0.4, -0.2) is 18.0 Å². The van der Waals surface area contributed by atoms with Crippen LogP contribution in [-0.2, 0) is 14.3 Å². The molecule has 0 saturated carbocycles. The van der Waals surface area contributed by atoms with E-state index in [2.05, 4.69) is 5.32 Å². The van der Waals surface area contributed by atoms with Gasteiger partial charge in [-0.05, 0) is 37.6 Å². The van der Waals surface area contributed by atoms with Crippen LogP contribution in [0.25, 0.3) is 0 Å². The summed E-state index contributed by atoms with van der Waals surface area (Å²) in [5, 5.41) is 3.22. The molecule has 1 aromatic rings. The molecule has 0 saturated heterocycles. The Morgan fingerprint density at radius 3 is 2.58 bits per heavy atom. The van der Waals surface area contributed by atoms with Gasteiger partial charge in [-0.3, -0.25) is 4.79 Å². The van der Waals surface area contributed by atoms with Gasteiger partial charge in [0.25, 0.3) is 5.91 Å². The lowest BCUT2D eigenvalue weighted by molar-refractivity contribution is -0.148. The van der Waals surface area contributed by atoms with Crippen LogP contribution in [0, 0.1) is 0 Å². The van der Waals surface area contributed by atoms with Crippen LogP contribution in [0.2, 0.25) is 5.02 Å². The molecule has 0 aliphatic carbocycles. The summed E-state index contributed by atoms with van der Waals surface area (Å²) < 4.78 is 4.95. The van der Waals surface area contributed by atoms with Crippen molar-refractivity contribution in [2.24, 2.45) is 0 Å². The first-order chi connectivity index (χ1) is 9.02. The van der Waals surface area contributed by atoms with Gasteiger partial charge in [-0.15, -0.1) is 0 Å². The van der Waals surface area contributed by atoms with Crippen LogP contribution >= 0.6 is 11.6 Å². The third-order valence-electron chi connectivity index (χ3n) is 2.26. The van der Waals surface area contributed by atoms with Crippen LogP contribution in [0.5, 0.6) is 0 Å². The van der Waals surface area contributed by atoms with Gasteiger partial charge in [-0.25, -0.2) is 4.79 Å². The smallest absolute Gasteiger partial charge is 0.331 e. The molecule has 0 heterocycles. The Kier molecular flexibility index (Phi) is 6.09. The van der Waals surface area contributed by atoms with Gasteiger partial charge >= 0.3 is 5.97 Å². The lowest BCUT2D eigenvalue weighted by atomic mass is 10.3. The van der Waals surface area contributed by atoms with E-state index in [1.807, 2.05) is 6.92 Å². The molecule has 4 nitrogen and oxygen atoms in total. The zero-order valence-electron chi connectivity index (χ0n) is 10.9. The van der Waals surface area contributed by atoms with Gasteiger partial charge < -0.3 is 10.1 Å². The van der Waals surface area contributed by atoms with Gasteiger partial charge in [-0.1, -0.05) is 24.6 Å². The van der Waals surface area contributed by atoms with Crippen LogP contribution in [0.4, 0.5) is 5.69 Å². The van der Waals surface area contributed by atoms with E-state index in [1.54, 1.807) is 30.3 Å². The second-order valence-electron chi connectivity index (χ2n) is 3.89. The molecule has 1 atom stereocenters. The molecule has 0 bridgehead atoms. The standard InChI is InChI=1S/C14H16ClNO3/c1-3-4-5-13(17)19-10(2)14(18)16-12-8-6-11(15)7-9-12/h4-10H,3H2,1-2H3,(H,16,18)/b5-4+/t10-/m0/s1. The number of anilines is 1. The normalized spacial score (nSPS) is 12.2. The Balaban J connectivity index is 2.51. The summed E-state index contributed by atoms with van der Waals surface area (Å²) in [7, 11) is 0. The van der Waals surface area contributed by atoms with E-state index >= 15 is 0 Å². The number of allylic oxidation sites excluding steroid dienone is 1. The highest BCUT2D eigenvalue weighted by atomic mass is 35.5. The van der Waals surface area contributed by atoms with Crippen molar-refractivity contribution in [2.75, 3.05) is 5.32 Å². The number of amides is 1. The molecular weight excluding hydrogens is 266 g/mol. The van der Waals surface area contributed by atoms with E-state index in [-0.39, 0.29) is 5.91 Å². The van der Waals surface area contributed by atoms with Crippen LogP contribution < -0.4 is 5.32 Å². The lowest BCUT2D eigenvalue weighted by Crippen LogP contribution is -2.29. The molecule has 1 N–H and O–H groups in total. The molecular formula is C14H16ClNO3. The Labute approximate surface area is 117 Å². The average Bonchev–Trinajstić information content (AvgIpc) is 2.39. The van der Waals surface area contributed by atoms with Gasteiger partial charge in [0.05, 0.1) is 0 Å². The molecule has 1 rings (SSSR count). The van der Waals surface area contributed by atoms with E-state index in [4.69, 9.17) is 16.3 Å². The van der Waals surface area contributed by atoms with Crippen molar-refractivity contribution in [2.45, 2.75) is 26.4 Å². The molecule has 5 heteroatoms. The summed E-state index contributed by atoms with van der Waals surface area (Å²) in [6, 6.07) is 6.67. The van der Waals surface area contributed by atoms with Crippen molar-refractivity contribution >= 4 is 29.2 Å². The number of ether oxygens (including phenoxy) is 1. The predicted octanol–water partition coefficient (Wildman–Crippen LogP) is 3.18. The molecule has 0 aromatic heterocycles. The maximum absolute atomic E-state index is 11.8. The average molecular weight is 282 g/mol. The minimum absolute atomic E-state index is 0.388. The van der Waals surface area contributed by atoms with Crippen molar-refractivity contribution in [3.63, 3.8) is 0 Å². The summed E-state index contributed by atoms with van der Waals surface area (Å²) in [6.07, 6.45) is 2.86. The van der Waals surface area contributed by atoms with Gasteiger partial charge in [0.2, 0.25) is 0 Å². The predicted molar refractivity (Wildman–Crippen MR) is 75.1 cm³/mol. The van der Waals surface area contributed by atoms with Crippen molar-refractivity contribution in [3.8, 4) is 0 Å². The van der Waals surface area contributed by atoms with Crippen molar-refractivity contribution in [1.82, 2.24) is 0 Å². The van der Waals surface area contributed by atoms with Crippen molar-refractivity contribution < 1.29 is 14.3 Å². The molecule has 0 radical (unpaired) electrons. The van der Waals surface area contributed by atoms with E-state index in [0.717, 1.165) is 6.42 Å². The van der Waals surface area contributed by atoms with Gasteiger partial charge in [0.15, 0.2) is 6.10 Å². The first-order valence-corrected chi connectivity index (χ1v) is 6.34. The van der Waals surface area contributed by atoms with Crippen LogP contribution in [0.15, 0.2) is 36.4 Å². The van der Waals surface area contributed by atoms with E-state index in [1.165, 1.54) is 13.0 Å². The van der Waals surface area contributed by atoms with Gasteiger partial charge in [0, 0.05) is 16.8 Å². The number of halogens is 1. The highest BCUT2D eigenvalue weighted by Crippen LogP contribution is 2.13. The van der Waals surface area contributed by atoms with Crippen molar-refractivity contribution in [3.05, 3.63) is 41.4 Å². The SMILES string of the molecule is CC/C=C/C(=O)O[C@@H](C)C(=O)Nc1ccc(Cl)cc1. The van der Waals surface area contributed by atoms with E-state index in [0.29, 0.717) is 10.7 Å². The molecule has 102 valence electrons. The van der Waals surface area contributed by atoms with Crippen molar-refractivity contribution in [1.29, 1.82) is 0 Å². The zero-order valence-corrected chi connectivity index (χ0v) is 11.6. The highest BCUT2D eigenvalue weighted by Gasteiger charge is 2.16. The number of rotatable bonds is 5. The molecule has 0 unspecified atom stereocenters. The fourth-order valence-electron chi connectivity index (χ4n) is 1.26. The van der Waals surface area contributed by atoms with E-state index in [9.17, 15) is 9.59 Å². The number of esters is 1. The fourth-order valence-corrected chi connectivity index (χ4v) is 1.38. The summed E-state index contributed by atoms with van der Waals surface area (Å²) >= 11 is 5.74. The number of hydrogen-bond donors (Lipinski definition) is 1. The maximum Gasteiger partial charge on any atom is 0.331 e. The monoisotopic (exact) mass is 281 g/mol. The molecule has 1 aromatic carbocycles. The van der Waals surface area contributed by atoms with Crippen LogP contribution in [0.1, 0.15) is 20.3 Å². The second kappa shape index (κ2) is 7.59. The minimum Gasteiger partial charge on any atom is -0.449 e. The quantitative estimate of drug-likeness (QED) is 0.666. The molecule has 0 fully saturated rings. The molecule has 0 aliphatic rings. The van der Waals surface area contributed by atoms with E-state index < -0.39 is 12.1 Å². The second-order valence-corrected chi connectivity index (χ2v) is 4.32. The Hall–Kier alpha value is -1.81. The summed E-state index contributed by atoms with van der Waals surface area (Å²) in [5.74, 6) is -0.916.